The fourth-order valence-electron chi connectivity index (χ4n) is 1.06. The average Bonchev–Trinajstić information content (AvgIpc) is 2.25. The van der Waals surface area contributed by atoms with Crippen molar-refractivity contribution in [3.8, 4) is 0 Å². The SMILES string of the molecule is CSC(C)(C)CNc1cc(N)nc(C(F)(F)F)n1. The van der Waals surface area contributed by atoms with E-state index in [-0.39, 0.29) is 16.4 Å². The summed E-state index contributed by atoms with van der Waals surface area (Å²) in [4.78, 5) is 6.57. The average molecular weight is 280 g/mol. The highest BCUT2D eigenvalue weighted by atomic mass is 32.2. The molecule has 0 saturated heterocycles. The molecule has 1 aromatic heterocycles. The maximum absolute atomic E-state index is 12.5. The molecule has 8 heteroatoms. The van der Waals surface area contributed by atoms with Crippen molar-refractivity contribution in [2.24, 2.45) is 0 Å². The minimum Gasteiger partial charge on any atom is -0.384 e. The van der Waals surface area contributed by atoms with Gasteiger partial charge in [-0.05, 0) is 20.1 Å². The quantitative estimate of drug-likeness (QED) is 0.887. The van der Waals surface area contributed by atoms with Gasteiger partial charge in [0.2, 0.25) is 5.82 Å². The Balaban J connectivity index is 2.88. The summed E-state index contributed by atoms with van der Waals surface area (Å²) in [6.45, 7) is 4.42. The summed E-state index contributed by atoms with van der Waals surface area (Å²) in [6, 6.07) is 1.28. The van der Waals surface area contributed by atoms with Gasteiger partial charge >= 0.3 is 6.18 Å². The van der Waals surface area contributed by atoms with Crippen molar-refractivity contribution in [1.82, 2.24) is 9.97 Å². The van der Waals surface area contributed by atoms with Crippen LogP contribution < -0.4 is 11.1 Å². The molecule has 1 heterocycles. The summed E-state index contributed by atoms with van der Waals surface area (Å²) in [7, 11) is 0. The number of halogens is 3. The summed E-state index contributed by atoms with van der Waals surface area (Å²) >= 11 is 1.60. The van der Waals surface area contributed by atoms with Gasteiger partial charge in [0.25, 0.3) is 0 Å². The van der Waals surface area contributed by atoms with Crippen molar-refractivity contribution in [3.05, 3.63) is 11.9 Å². The van der Waals surface area contributed by atoms with Crippen LogP contribution in [-0.2, 0) is 6.18 Å². The predicted molar refractivity (Wildman–Crippen MR) is 67.5 cm³/mol. The second kappa shape index (κ2) is 5.21. The van der Waals surface area contributed by atoms with Crippen LogP contribution in [0.3, 0.4) is 0 Å². The Bertz CT molecular complexity index is 420. The van der Waals surface area contributed by atoms with Crippen LogP contribution in [0.15, 0.2) is 6.07 Å². The molecule has 3 N–H and O–H groups in total. The number of alkyl halides is 3. The number of hydrogen-bond donors (Lipinski definition) is 2. The number of nitrogens with one attached hydrogen (secondary N) is 1. The summed E-state index contributed by atoms with van der Waals surface area (Å²) in [5, 5.41) is 2.84. The molecule has 0 unspecified atom stereocenters. The lowest BCUT2D eigenvalue weighted by molar-refractivity contribution is -0.144. The first-order valence-corrected chi connectivity index (χ1v) is 6.37. The second-order valence-corrected chi connectivity index (χ2v) is 5.83. The summed E-state index contributed by atoms with van der Waals surface area (Å²) in [5.41, 5.74) is 5.33. The Morgan fingerprint density at radius 2 is 1.94 bits per heavy atom. The van der Waals surface area contributed by atoms with E-state index in [0.717, 1.165) is 0 Å². The molecule has 0 amide bonds. The minimum atomic E-state index is -4.60. The molecule has 4 nitrogen and oxygen atoms in total. The molecular weight excluding hydrogens is 265 g/mol. The van der Waals surface area contributed by atoms with E-state index in [4.69, 9.17) is 5.73 Å². The number of nitrogens with two attached hydrogens (primary N) is 1. The zero-order valence-corrected chi connectivity index (χ0v) is 11.1. The molecule has 0 aliphatic heterocycles. The van der Waals surface area contributed by atoms with Crippen LogP contribution in [0, 0.1) is 0 Å². The van der Waals surface area contributed by atoms with Gasteiger partial charge in [0.1, 0.15) is 11.6 Å². The van der Waals surface area contributed by atoms with E-state index < -0.39 is 12.0 Å². The Morgan fingerprint density at radius 3 is 2.44 bits per heavy atom. The Hall–Kier alpha value is -1.18. The van der Waals surface area contributed by atoms with Gasteiger partial charge in [0.05, 0.1) is 0 Å². The predicted octanol–water partition coefficient (Wildman–Crippen LogP) is 2.63. The van der Waals surface area contributed by atoms with Crippen molar-refractivity contribution < 1.29 is 13.2 Å². The van der Waals surface area contributed by atoms with Gasteiger partial charge in [-0.3, -0.25) is 0 Å². The second-order valence-electron chi connectivity index (χ2n) is 4.32. The van der Waals surface area contributed by atoms with Crippen LogP contribution >= 0.6 is 11.8 Å². The van der Waals surface area contributed by atoms with Gasteiger partial charge in [-0.25, -0.2) is 9.97 Å². The number of aromatic nitrogens is 2. The van der Waals surface area contributed by atoms with E-state index in [1.54, 1.807) is 11.8 Å². The van der Waals surface area contributed by atoms with E-state index in [1.807, 2.05) is 20.1 Å². The molecule has 0 aromatic carbocycles. The summed E-state index contributed by atoms with van der Waals surface area (Å²) in [5.74, 6) is -1.36. The first-order chi connectivity index (χ1) is 8.14. The lowest BCUT2D eigenvalue weighted by atomic mass is 10.2. The minimum absolute atomic E-state index is 0.0805. The van der Waals surface area contributed by atoms with Crippen LogP contribution in [0.25, 0.3) is 0 Å². The molecular formula is C10H15F3N4S. The molecule has 1 rings (SSSR count). The van der Waals surface area contributed by atoms with E-state index in [9.17, 15) is 13.2 Å². The largest absolute Gasteiger partial charge is 0.451 e. The molecule has 0 saturated carbocycles. The Morgan fingerprint density at radius 1 is 1.33 bits per heavy atom. The van der Waals surface area contributed by atoms with E-state index >= 15 is 0 Å². The van der Waals surface area contributed by atoms with Crippen molar-refractivity contribution >= 4 is 23.4 Å². The number of nitrogens with zero attached hydrogens (tertiary/aromatic N) is 2. The zero-order valence-electron chi connectivity index (χ0n) is 10.3. The van der Waals surface area contributed by atoms with Crippen molar-refractivity contribution in [2.45, 2.75) is 24.8 Å². The van der Waals surface area contributed by atoms with Crippen molar-refractivity contribution in [2.75, 3.05) is 23.9 Å². The molecule has 0 spiro atoms. The molecule has 0 fully saturated rings. The number of nitrogen functional groups attached to an aromatic ring is 1. The number of thioether (sulfide) groups is 1. The maximum Gasteiger partial charge on any atom is 0.451 e. The number of rotatable bonds is 4. The molecule has 102 valence electrons. The first kappa shape index (κ1) is 14.9. The molecule has 0 aliphatic carbocycles. The van der Waals surface area contributed by atoms with Crippen molar-refractivity contribution in [3.63, 3.8) is 0 Å². The summed E-state index contributed by atoms with van der Waals surface area (Å²) in [6.07, 6.45) is -2.67. The normalized spacial score (nSPS) is 12.6. The van der Waals surface area contributed by atoms with Crippen LogP contribution in [-0.4, -0.2) is 27.5 Å². The standard InChI is InChI=1S/C10H15F3N4S/c1-9(2,18-3)5-15-7-4-6(14)16-8(17-7)10(11,12)13/h4H,5H2,1-3H3,(H3,14,15,16,17). The molecule has 1 aromatic rings. The van der Waals surface area contributed by atoms with Gasteiger partial charge in [-0.15, -0.1) is 0 Å². The van der Waals surface area contributed by atoms with E-state index in [2.05, 4.69) is 15.3 Å². The molecule has 0 aliphatic rings. The van der Waals surface area contributed by atoms with E-state index in [0.29, 0.717) is 6.54 Å². The Kier molecular flexibility index (Phi) is 4.31. The van der Waals surface area contributed by atoms with Gasteiger partial charge in [0.15, 0.2) is 0 Å². The molecule has 18 heavy (non-hydrogen) atoms. The van der Waals surface area contributed by atoms with Crippen molar-refractivity contribution in [1.29, 1.82) is 0 Å². The van der Waals surface area contributed by atoms with Gasteiger partial charge in [0, 0.05) is 17.4 Å². The lowest BCUT2D eigenvalue weighted by Crippen LogP contribution is -2.26. The van der Waals surface area contributed by atoms with E-state index in [1.165, 1.54) is 6.07 Å². The third-order valence-corrected chi connectivity index (χ3v) is 3.50. The maximum atomic E-state index is 12.5. The molecule has 0 atom stereocenters. The van der Waals surface area contributed by atoms with Gasteiger partial charge in [-0.2, -0.15) is 24.9 Å². The van der Waals surface area contributed by atoms with Crippen LogP contribution in [0.4, 0.5) is 24.8 Å². The molecule has 0 bridgehead atoms. The monoisotopic (exact) mass is 280 g/mol. The van der Waals surface area contributed by atoms with Crippen LogP contribution in [0.1, 0.15) is 19.7 Å². The summed E-state index contributed by atoms with van der Waals surface area (Å²) < 4.78 is 37.3. The topological polar surface area (TPSA) is 63.8 Å². The van der Waals surface area contributed by atoms with Gasteiger partial charge < -0.3 is 11.1 Å². The molecule has 0 radical (unpaired) electrons. The third-order valence-electron chi connectivity index (χ3n) is 2.25. The van der Waals surface area contributed by atoms with Crippen LogP contribution in [0.2, 0.25) is 0 Å². The Labute approximate surface area is 108 Å². The lowest BCUT2D eigenvalue weighted by Gasteiger charge is -2.22. The first-order valence-electron chi connectivity index (χ1n) is 5.15. The van der Waals surface area contributed by atoms with Gasteiger partial charge in [-0.1, -0.05) is 0 Å². The number of anilines is 2. The zero-order chi connectivity index (χ0) is 14.0. The highest BCUT2D eigenvalue weighted by molar-refractivity contribution is 7.99. The third kappa shape index (κ3) is 4.25. The fraction of sp³-hybridized carbons (Fsp3) is 0.600. The van der Waals surface area contributed by atoms with Crippen LogP contribution in [0.5, 0.6) is 0 Å². The highest BCUT2D eigenvalue weighted by Crippen LogP contribution is 2.28. The smallest absolute Gasteiger partial charge is 0.384 e. The highest BCUT2D eigenvalue weighted by Gasteiger charge is 2.35. The fourth-order valence-corrected chi connectivity index (χ4v) is 1.28. The number of hydrogen-bond acceptors (Lipinski definition) is 5.